The van der Waals surface area contributed by atoms with E-state index in [9.17, 15) is 9.90 Å². The Bertz CT molecular complexity index is 941. The maximum absolute atomic E-state index is 12.1. The Morgan fingerprint density at radius 1 is 1.27 bits per heavy atom. The quantitative estimate of drug-likeness (QED) is 0.627. The van der Waals surface area contributed by atoms with E-state index in [2.05, 4.69) is 15.9 Å². The fraction of sp³-hybridized carbons (Fsp3) is 0.458. The highest BCUT2D eigenvalue weighted by molar-refractivity contribution is 9.10. The predicted molar refractivity (Wildman–Crippen MR) is 117 cm³/mol. The van der Waals surface area contributed by atoms with E-state index in [1.807, 2.05) is 56.3 Å². The lowest BCUT2D eigenvalue weighted by Crippen LogP contribution is -2.52. The number of fused-ring (bicyclic) bond motifs is 3. The lowest BCUT2D eigenvalue weighted by atomic mass is 9.71. The standard InChI is InChI=1S/C24H27BrO5/c1-24(2)19-13-18(23(26)27)20(9-7-14-5-4-6-16(11-14)28-3)29-22(19)17-12-15(25)8-10-21(17)30-24/h4-6,8,10-12,18-20,22H,7,9,13H2,1-3H3,(H,26,27)/t18-,19+,20+,22-/m1/s1. The zero-order valence-electron chi connectivity index (χ0n) is 17.4. The summed E-state index contributed by atoms with van der Waals surface area (Å²) >= 11 is 3.54. The van der Waals surface area contributed by atoms with Gasteiger partial charge >= 0.3 is 5.97 Å². The van der Waals surface area contributed by atoms with Gasteiger partial charge in [0.1, 0.15) is 17.1 Å². The molecular weight excluding hydrogens is 448 g/mol. The number of halogens is 1. The van der Waals surface area contributed by atoms with Crippen molar-refractivity contribution in [3.05, 3.63) is 58.1 Å². The molecule has 1 N–H and O–H groups in total. The maximum Gasteiger partial charge on any atom is 0.309 e. The Morgan fingerprint density at radius 2 is 2.07 bits per heavy atom. The lowest BCUT2D eigenvalue weighted by molar-refractivity contribution is -0.188. The van der Waals surface area contributed by atoms with Crippen LogP contribution in [0.5, 0.6) is 11.5 Å². The largest absolute Gasteiger partial charge is 0.497 e. The van der Waals surface area contributed by atoms with Crippen LogP contribution in [0, 0.1) is 11.8 Å². The molecule has 2 aromatic rings. The normalized spacial score (nSPS) is 26.8. The summed E-state index contributed by atoms with van der Waals surface area (Å²) in [4.78, 5) is 12.1. The van der Waals surface area contributed by atoms with Gasteiger partial charge in [0.2, 0.25) is 0 Å². The van der Waals surface area contributed by atoms with Crippen molar-refractivity contribution in [3.63, 3.8) is 0 Å². The molecule has 2 aliphatic heterocycles. The average molecular weight is 475 g/mol. The summed E-state index contributed by atoms with van der Waals surface area (Å²) in [6.07, 6.45) is 1.34. The number of carbonyl (C=O) groups is 1. The number of rotatable bonds is 5. The van der Waals surface area contributed by atoms with Gasteiger partial charge in [-0.1, -0.05) is 28.1 Å². The molecule has 4 rings (SSSR count). The third kappa shape index (κ3) is 4.08. The Labute approximate surface area is 185 Å². The minimum absolute atomic E-state index is 0.0338. The molecule has 0 aromatic heterocycles. The van der Waals surface area contributed by atoms with E-state index in [0.717, 1.165) is 33.5 Å². The highest BCUT2D eigenvalue weighted by Gasteiger charge is 2.51. The van der Waals surface area contributed by atoms with Crippen LogP contribution in [0.1, 0.15) is 43.9 Å². The van der Waals surface area contributed by atoms with Gasteiger partial charge in [0.25, 0.3) is 0 Å². The summed E-state index contributed by atoms with van der Waals surface area (Å²) < 4.78 is 19.1. The van der Waals surface area contributed by atoms with Crippen molar-refractivity contribution >= 4 is 21.9 Å². The summed E-state index contributed by atoms with van der Waals surface area (Å²) in [6, 6.07) is 13.8. The molecule has 0 amide bonds. The van der Waals surface area contributed by atoms with Crippen molar-refractivity contribution in [1.82, 2.24) is 0 Å². The van der Waals surface area contributed by atoms with E-state index in [0.29, 0.717) is 12.8 Å². The number of benzene rings is 2. The van der Waals surface area contributed by atoms with Crippen LogP contribution in [0.2, 0.25) is 0 Å². The molecule has 2 aliphatic rings. The molecule has 0 radical (unpaired) electrons. The minimum atomic E-state index is -0.806. The number of aliphatic carboxylic acids is 1. The second-order valence-electron chi connectivity index (χ2n) is 8.66. The van der Waals surface area contributed by atoms with Crippen molar-refractivity contribution in [2.45, 2.75) is 50.9 Å². The number of carboxylic acids is 1. The van der Waals surface area contributed by atoms with Crippen LogP contribution in [-0.4, -0.2) is 29.9 Å². The number of methoxy groups -OCH3 is 1. The number of hydrogen-bond acceptors (Lipinski definition) is 4. The van der Waals surface area contributed by atoms with Crippen LogP contribution in [0.3, 0.4) is 0 Å². The van der Waals surface area contributed by atoms with Crippen molar-refractivity contribution in [2.24, 2.45) is 11.8 Å². The SMILES string of the molecule is COc1cccc(CC[C@@H]2O[C@@H]3c4cc(Br)ccc4OC(C)(C)[C@H]3C[C@H]2C(=O)O)c1. The summed E-state index contributed by atoms with van der Waals surface area (Å²) in [6.45, 7) is 4.04. The minimum Gasteiger partial charge on any atom is -0.497 e. The topological polar surface area (TPSA) is 65.0 Å². The lowest BCUT2D eigenvalue weighted by Gasteiger charge is -2.50. The van der Waals surface area contributed by atoms with E-state index in [1.54, 1.807) is 7.11 Å². The van der Waals surface area contributed by atoms with Crippen molar-refractivity contribution < 1.29 is 24.1 Å². The van der Waals surface area contributed by atoms with Gasteiger partial charge in [0, 0.05) is 16.0 Å². The van der Waals surface area contributed by atoms with Crippen LogP contribution in [0.4, 0.5) is 0 Å². The molecule has 160 valence electrons. The van der Waals surface area contributed by atoms with E-state index in [-0.39, 0.29) is 18.1 Å². The summed E-state index contributed by atoms with van der Waals surface area (Å²) in [5, 5.41) is 9.94. The van der Waals surface area contributed by atoms with Crippen LogP contribution in [0.25, 0.3) is 0 Å². The first-order valence-corrected chi connectivity index (χ1v) is 11.1. The molecule has 5 nitrogen and oxygen atoms in total. The third-order valence-electron chi connectivity index (χ3n) is 6.36. The van der Waals surface area contributed by atoms with E-state index < -0.39 is 17.5 Å². The molecule has 30 heavy (non-hydrogen) atoms. The fourth-order valence-corrected chi connectivity index (χ4v) is 5.10. The number of ether oxygens (including phenoxy) is 3. The highest BCUT2D eigenvalue weighted by Crippen LogP contribution is 2.52. The van der Waals surface area contributed by atoms with Gasteiger partial charge in [-0.2, -0.15) is 0 Å². The van der Waals surface area contributed by atoms with E-state index in [1.165, 1.54) is 0 Å². The van der Waals surface area contributed by atoms with Crippen molar-refractivity contribution in [1.29, 1.82) is 0 Å². The Morgan fingerprint density at radius 3 is 2.80 bits per heavy atom. The van der Waals surface area contributed by atoms with Gasteiger partial charge in [0.05, 0.1) is 25.2 Å². The first kappa shape index (κ1) is 21.2. The van der Waals surface area contributed by atoms with Gasteiger partial charge in [-0.3, -0.25) is 4.79 Å². The number of hydrogen-bond donors (Lipinski definition) is 1. The molecule has 1 saturated heterocycles. The summed E-state index contributed by atoms with van der Waals surface area (Å²) in [7, 11) is 1.65. The summed E-state index contributed by atoms with van der Waals surface area (Å²) in [5.74, 6) is 0.212. The fourth-order valence-electron chi connectivity index (χ4n) is 4.73. The summed E-state index contributed by atoms with van der Waals surface area (Å²) in [5.41, 5.74) is 1.60. The molecule has 1 fully saturated rings. The molecule has 0 spiro atoms. The Hall–Kier alpha value is -2.05. The van der Waals surface area contributed by atoms with Crippen LogP contribution in [-0.2, 0) is 16.0 Å². The Kier molecular flexibility index (Phi) is 5.82. The molecular formula is C24H27BrO5. The van der Waals surface area contributed by atoms with Crippen LogP contribution in [0.15, 0.2) is 46.9 Å². The maximum atomic E-state index is 12.1. The van der Waals surface area contributed by atoms with Gasteiger partial charge in [-0.15, -0.1) is 0 Å². The molecule has 0 unspecified atom stereocenters. The average Bonchev–Trinajstić information content (AvgIpc) is 2.72. The number of carboxylic acid groups (broad SMARTS) is 1. The van der Waals surface area contributed by atoms with Gasteiger partial charge < -0.3 is 19.3 Å². The Balaban J connectivity index is 1.61. The van der Waals surface area contributed by atoms with Gasteiger partial charge in [0.15, 0.2) is 0 Å². The first-order chi connectivity index (χ1) is 14.3. The highest BCUT2D eigenvalue weighted by atomic mass is 79.9. The second-order valence-corrected chi connectivity index (χ2v) is 9.58. The zero-order chi connectivity index (χ0) is 21.5. The first-order valence-electron chi connectivity index (χ1n) is 10.3. The second kappa shape index (κ2) is 8.23. The molecule has 0 bridgehead atoms. The molecule has 2 aromatic carbocycles. The smallest absolute Gasteiger partial charge is 0.309 e. The molecule has 4 atom stereocenters. The predicted octanol–water partition coefficient (Wildman–Crippen LogP) is 5.41. The molecule has 2 heterocycles. The monoisotopic (exact) mass is 474 g/mol. The van der Waals surface area contributed by atoms with E-state index >= 15 is 0 Å². The number of aryl methyl sites for hydroxylation is 1. The molecule has 0 aliphatic carbocycles. The van der Waals surface area contributed by atoms with E-state index in [4.69, 9.17) is 14.2 Å². The molecule has 0 saturated carbocycles. The van der Waals surface area contributed by atoms with Gasteiger partial charge in [-0.05, 0) is 69.0 Å². The van der Waals surface area contributed by atoms with Gasteiger partial charge in [-0.25, -0.2) is 0 Å². The van der Waals surface area contributed by atoms with Crippen LogP contribution >= 0.6 is 15.9 Å². The van der Waals surface area contributed by atoms with Crippen molar-refractivity contribution in [2.75, 3.05) is 7.11 Å². The van der Waals surface area contributed by atoms with Crippen LogP contribution < -0.4 is 9.47 Å². The van der Waals surface area contributed by atoms with Crippen molar-refractivity contribution in [3.8, 4) is 11.5 Å². The molecule has 6 heteroatoms. The third-order valence-corrected chi connectivity index (χ3v) is 6.85. The zero-order valence-corrected chi connectivity index (χ0v) is 19.0.